The van der Waals surface area contributed by atoms with Crippen molar-refractivity contribution >= 4 is 29.1 Å². The minimum absolute atomic E-state index is 0.170. The summed E-state index contributed by atoms with van der Waals surface area (Å²) >= 11 is 0. The Morgan fingerprint density at radius 2 is 1.71 bits per heavy atom. The highest BCUT2D eigenvalue weighted by molar-refractivity contribution is 6.51. The van der Waals surface area contributed by atoms with E-state index in [1.54, 1.807) is 43.3 Å². The van der Waals surface area contributed by atoms with Gasteiger partial charge in [-0.1, -0.05) is 18.2 Å². The molecule has 1 N–H and O–H groups in total. The van der Waals surface area contributed by atoms with Gasteiger partial charge in [-0.2, -0.15) is 0 Å². The first kappa shape index (κ1) is 23.7. The molecule has 0 aliphatic carbocycles. The Bertz CT molecular complexity index is 1330. The van der Waals surface area contributed by atoms with Crippen molar-refractivity contribution in [1.29, 1.82) is 0 Å². The third-order valence-electron chi connectivity index (χ3n) is 5.61. The highest BCUT2D eigenvalue weighted by Crippen LogP contribution is 2.43. The molecule has 0 saturated carbocycles. The Morgan fingerprint density at radius 1 is 1.00 bits per heavy atom. The third-order valence-corrected chi connectivity index (χ3v) is 5.61. The van der Waals surface area contributed by atoms with Crippen LogP contribution in [0.2, 0.25) is 0 Å². The van der Waals surface area contributed by atoms with E-state index in [1.165, 1.54) is 36.3 Å². The largest absolute Gasteiger partial charge is 0.507 e. The Hall–Kier alpha value is -4.46. The molecule has 3 aromatic carbocycles. The van der Waals surface area contributed by atoms with E-state index in [2.05, 4.69) is 0 Å². The molecule has 178 valence electrons. The first-order valence-corrected chi connectivity index (χ1v) is 10.8. The number of hydrogen-bond donors (Lipinski definition) is 1. The van der Waals surface area contributed by atoms with Gasteiger partial charge in [0, 0.05) is 11.3 Å². The number of carbonyl (C=O) groups excluding carboxylic acids is 3. The van der Waals surface area contributed by atoms with Gasteiger partial charge >= 0.3 is 5.97 Å². The molecule has 0 bridgehead atoms. The second-order valence-electron chi connectivity index (χ2n) is 7.72. The lowest BCUT2D eigenvalue weighted by molar-refractivity contribution is -0.132. The third kappa shape index (κ3) is 4.50. The van der Waals surface area contributed by atoms with E-state index in [4.69, 9.17) is 9.47 Å². The maximum atomic E-state index is 13.5. The maximum absolute atomic E-state index is 13.5. The molecule has 1 heterocycles. The lowest BCUT2D eigenvalue weighted by Gasteiger charge is -2.26. The van der Waals surface area contributed by atoms with Crippen molar-refractivity contribution in [1.82, 2.24) is 0 Å². The number of aliphatic hydroxyl groups is 1. The Kier molecular flexibility index (Phi) is 6.64. The zero-order valence-corrected chi connectivity index (χ0v) is 19.0. The smallest absolute Gasteiger partial charge is 0.338 e. The summed E-state index contributed by atoms with van der Waals surface area (Å²) in [6.07, 6.45) is 0. The van der Waals surface area contributed by atoms with Crippen LogP contribution in [-0.4, -0.2) is 36.5 Å². The molecule has 7 nitrogen and oxygen atoms in total. The minimum atomic E-state index is -1.03. The lowest BCUT2D eigenvalue weighted by Crippen LogP contribution is -2.29. The standard InChI is InChI=1S/C27H22FNO6/c1-3-35-27(33)18-7-4-8-20(14-18)29-23(17-6-5-9-21(15-17)34-2)22(25(31)26(29)32)24(30)16-10-12-19(28)13-11-16/h4-15,23,30H,3H2,1-2H3/b24-22+. The molecule has 3 aromatic rings. The molecule has 1 aliphatic heterocycles. The van der Waals surface area contributed by atoms with E-state index in [1.807, 2.05) is 0 Å². The van der Waals surface area contributed by atoms with Crippen molar-refractivity contribution in [3.8, 4) is 5.75 Å². The normalized spacial score (nSPS) is 16.9. The molecule has 35 heavy (non-hydrogen) atoms. The number of ketones is 1. The van der Waals surface area contributed by atoms with Gasteiger partial charge in [-0.15, -0.1) is 0 Å². The minimum Gasteiger partial charge on any atom is -0.507 e. The highest BCUT2D eigenvalue weighted by atomic mass is 19.1. The van der Waals surface area contributed by atoms with Crippen molar-refractivity contribution in [2.75, 3.05) is 18.6 Å². The zero-order chi connectivity index (χ0) is 25.1. The van der Waals surface area contributed by atoms with Crippen molar-refractivity contribution < 1.29 is 33.4 Å². The number of amides is 1. The molecule has 1 atom stereocenters. The topological polar surface area (TPSA) is 93.1 Å². The van der Waals surface area contributed by atoms with Crippen LogP contribution in [0.4, 0.5) is 10.1 Å². The summed E-state index contributed by atoms with van der Waals surface area (Å²) in [4.78, 5) is 40.0. The fourth-order valence-electron chi connectivity index (χ4n) is 3.99. The van der Waals surface area contributed by atoms with Gasteiger partial charge < -0.3 is 14.6 Å². The van der Waals surface area contributed by atoms with E-state index in [0.29, 0.717) is 11.3 Å². The lowest BCUT2D eigenvalue weighted by atomic mass is 9.95. The summed E-state index contributed by atoms with van der Waals surface area (Å²) in [6.45, 7) is 1.85. The zero-order valence-electron chi connectivity index (χ0n) is 19.0. The number of carbonyl (C=O) groups is 3. The van der Waals surface area contributed by atoms with Gasteiger partial charge in [0.25, 0.3) is 11.7 Å². The van der Waals surface area contributed by atoms with Gasteiger partial charge in [-0.25, -0.2) is 9.18 Å². The molecular weight excluding hydrogens is 453 g/mol. The summed E-state index contributed by atoms with van der Waals surface area (Å²) < 4.78 is 23.8. The van der Waals surface area contributed by atoms with Gasteiger partial charge in [0.1, 0.15) is 17.3 Å². The molecule has 1 amide bonds. The number of anilines is 1. The summed E-state index contributed by atoms with van der Waals surface area (Å²) in [5, 5.41) is 11.1. The number of Topliss-reactive ketones (excluding diaryl/α,β-unsaturated/α-hetero) is 1. The van der Waals surface area contributed by atoms with Crippen LogP contribution >= 0.6 is 0 Å². The van der Waals surface area contributed by atoms with Gasteiger partial charge in [-0.05, 0) is 67.1 Å². The Morgan fingerprint density at radius 3 is 2.40 bits per heavy atom. The van der Waals surface area contributed by atoms with Crippen LogP contribution in [0, 0.1) is 5.82 Å². The quantitative estimate of drug-likeness (QED) is 0.242. The van der Waals surface area contributed by atoms with E-state index in [9.17, 15) is 23.9 Å². The van der Waals surface area contributed by atoms with E-state index >= 15 is 0 Å². The van der Waals surface area contributed by atoms with Gasteiger partial charge in [0.05, 0.1) is 30.9 Å². The van der Waals surface area contributed by atoms with Crippen molar-refractivity contribution in [3.05, 3.63) is 101 Å². The molecule has 0 aromatic heterocycles. The molecule has 0 radical (unpaired) electrons. The van der Waals surface area contributed by atoms with Crippen molar-refractivity contribution in [2.24, 2.45) is 0 Å². The summed E-state index contributed by atoms with van der Waals surface area (Å²) in [6, 6.07) is 16.8. The average molecular weight is 475 g/mol. The van der Waals surface area contributed by atoms with Crippen LogP contribution in [0.25, 0.3) is 5.76 Å². The molecule has 4 rings (SSSR count). The van der Waals surface area contributed by atoms with Crippen LogP contribution in [0.3, 0.4) is 0 Å². The van der Waals surface area contributed by atoms with Crippen LogP contribution in [0.1, 0.15) is 34.5 Å². The number of halogens is 1. The second kappa shape index (κ2) is 9.80. The number of esters is 1. The van der Waals surface area contributed by atoms with Crippen LogP contribution in [0.5, 0.6) is 5.75 Å². The maximum Gasteiger partial charge on any atom is 0.338 e. The second-order valence-corrected chi connectivity index (χ2v) is 7.72. The van der Waals surface area contributed by atoms with Crippen LogP contribution in [-0.2, 0) is 14.3 Å². The Balaban J connectivity index is 1.92. The number of hydrogen-bond acceptors (Lipinski definition) is 6. The molecular formula is C27H22FNO6. The molecule has 8 heteroatoms. The molecule has 1 fully saturated rings. The number of rotatable bonds is 6. The Labute approximate surface area is 201 Å². The van der Waals surface area contributed by atoms with Crippen LogP contribution < -0.4 is 9.64 Å². The van der Waals surface area contributed by atoms with Gasteiger partial charge in [0.15, 0.2) is 0 Å². The summed E-state index contributed by atoms with van der Waals surface area (Å²) in [7, 11) is 1.48. The predicted molar refractivity (Wildman–Crippen MR) is 127 cm³/mol. The number of methoxy groups -OCH3 is 1. The summed E-state index contributed by atoms with van der Waals surface area (Å²) in [5.41, 5.74) is 0.973. The molecule has 1 aliphatic rings. The predicted octanol–water partition coefficient (Wildman–Crippen LogP) is 4.64. The SMILES string of the molecule is CCOC(=O)c1cccc(N2C(=O)C(=O)/C(=C(/O)c3ccc(F)cc3)C2c2cccc(OC)c2)c1. The fourth-order valence-corrected chi connectivity index (χ4v) is 3.99. The van der Waals surface area contributed by atoms with Crippen molar-refractivity contribution in [3.63, 3.8) is 0 Å². The number of aliphatic hydroxyl groups excluding tert-OH is 1. The molecule has 0 spiro atoms. The molecule has 1 saturated heterocycles. The first-order chi connectivity index (χ1) is 16.8. The molecule has 1 unspecified atom stereocenters. The van der Waals surface area contributed by atoms with E-state index in [-0.39, 0.29) is 29.0 Å². The van der Waals surface area contributed by atoms with E-state index < -0.39 is 35.3 Å². The monoisotopic (exact) mass is 475 g/mol. The van der Waals surface area contributed by atoms with Crippen molar-refractivity contribution in [2.45, 2.75) is 13.0 Å². The van der Waals surface area contributed by atoms with Gasteiger partial charge in [-0.3, -0.25) is 14.5 Å². The van der Waals surface area contributed by atoms with Crippen LogP contribution in [0.15, 0.2) is 78.4 Å². The first-order valence-electron chi connectivity index (χ1n) is 10.8. The number of ether oxygens (including phenoxy) is 2. The highest BCUT2D eigenvalue weighted by Gasteiger charge is 2.47. The fraction of sp³-hybridized carbons (Fsp3) is 0.148. The van der Waals surface area contributed by atoms with Gasteiger partial charge in [0.2, 0.25) is 0 Å². The number of benzene rings is 3. The van der Waals surface area contributed by atoms with E-state index in [0.717, 1.165) is 12.1 Å². The number of nitrogens with zero attached hydrogens (tertiary/aromatic N) is 1. The summed E-state index contributed by atoms with van der Waals surface area (Å²) in [5.74, 6) is -2.85. The average Bonchev–Trinajstić information content (AvgIpc) is 3.14.